The van der Waals surface area contributed by atoms with Gasteiger partial charge in [-0.25, -0.2) is 0 Å². The number of rotatable bonds is 5. The topological polar surface area (TPSA) is 21.1 Å². The number of allylic oxidation sites excluding steroid dienone is 4. The van der Waals surface area contributed by atoms with E-state index in [2.05, 4.69) is 62.5 Å². The van der Waals surface area contributed by atoms with Crippen LogP contribution in [-0.4, -0.2) is 27.8 Å². The lowest BCUT2D eigenvalue weighted by Crippen LogP contribution is -2.35. The van der Waals surface area contributed by atoms with Gasteiger partial charge in [0, 0.05) is 13.6 Å². The highest BCUT2D eigenvalue weighted by atomic mass is 15.3. The van der Waals surface area contributed by atoms with Gasteiger partial charge < -0.3 is 0 Å². The molecule has 1 aromatic rings. The maximum Gasteiger partial charge on any atom is 0.0923 e. The van der Waals surface area contributed by atoms with Crippen LogP contribution >= 0.6 is 0 Å². The van der Waals surface area contributed by atoms with Crippen molar-refractivity contribution in [1.29, 1.82) is 0 Å². The zero-order valence-electron chi connectivity index (χ0n) is 16.8. The smallest absolute Gasteiger partial charge is 0.0923 e. The van der Waals surface area contributed by atoms with Crippen molar-refractivity contribution in [1.82, 2.24) is 14.7 Å². The number of aromatic nitrogens is 2. The molecular formula is C22H35N3. The Kier molecular flexibility index (Phi) is 5.83. The predicted molar refractivity (Wildman–Crippen MR) is 106 cm³/mol. The Bertz CT molecular complexity index is 640. The fourth-order valence-electron chi connectivity index (χ4n) is 4.16. The Morgan fingerprint density at radius 3 is 2.52 bits per heavy atom. The van der Waals surface area contributed by atoms with Gasteiger partial charge in [0.1, 0.15) is 0 Å². The third-order valence-corrected chi connectivity index (χ3v) is 6.11. The van der Waals surface area contributed by atoms with E-state index in [0.717, 1.165) is 30.5 Å². The summed E-state index contributed by atoms with van der Waals surface area (Å²) in [6.07, 6.45) is 9.75. The molecule has 1 aliphatic carbocycles. The number of hydrogen-bond donors (Lipinski definition) is 0. The molecule has 0 saturated carbocycles. The Balaban J connectivity index is 1.66. The summed E-state index contributed by atoms with van der Waals surface area (Å²) in [7, 11) is 2.09. The molecule has 1 aliphatic heterocycles. The van der Waals surface area contributed by atoms with Gasteiger partial charge in [-0.15, -0.1) is 0 Å². The average molecular weight is 342 g/mol. The molecule has 0 aromatic carbocycles. The minimum atomic E-state index is 0.633. The zero-order chi connectivity index (χ0) is 18.0. The van der Waals surface area contributed by atoms with Crippen LogP contribution in [0, 0.1) is 17.8 Å². The average Bonchev–Trinajstić information content (AvgIpc) is 2.96. The third-order valence-electron chi connectivity index (χ3n) is 6.11. The summed E-state index contributed by atoms with van der Waals surface area (Å²) < 4.78 is 2.09. The van der Waals surface area contributed by atoms with Crippen LogP contribution in [0.1, 0.15) is 64.8 Å². The normalized spacial score (nSPS) is 20.3. The molecule has 0 N–H and O–H groups in total. The van der Waals surface area contributed by atoms with Crippen LogP contribution in [0.4, 0.5) is 0 Å². The molecule has 138 valence electrons. The molecule has 2 aliphatic rings. The second-order valence-corrected chi connectivity index (χ2v) is 8.57. The van der Waals surface area contributed by atoms with Crippen molar-refractivity contribution in [2.24, 2.45) is 24.8 Å². The largest absolute Gasteiger partial charge is 0.298 e. The summed E-state index contributed by atoms with van der Waals surface area (Å²) in [5.41, 5.74) is 5.35. The first-order chi connectivity index (χ1) is 11.9. The summed E-state index contributed by atoms with van der Waals surface area (Å²) in [6, 6.07) is 2.31. The molecule has 1 saturated heterocycles. The van der Waals surface area contributed by atoms with Gasteiger partial charge >= 0.3 is 0 Å². The van der Waals surface area contributed by atoms with Crippen molar-refractivity contribution in [3.05, 3.63) is 35.2 Å². The highest BCUT2D eigenvalue weighted by Gasteiger charge is 2.22. The molecule has 1 aromatic heterocycles. The van der Waals surface area contributed by atoms with Crippen LogP contribution < -0.4 is 0 Å². The molecule has 2 heterocycles. The summed E-state index contributed by atoms with van der Waals surface area (Å²) in [5.74, 6) is 2.37. The molecule has 3 nitrogen and oxygen atoms in total. The number of nitrogens with zero attached hydrogens (tertiary/aromatic N) is 3. The molecule has 0 spiro atoms. The van der Waals surface area contributed by atoms with Crippen LogP contribution in [0.2, 0.25) is 0 Å². The maximum absolute atomic E-state index is 4.81. The number of aryl methyl sites for hydroxylation is 1. The molecule has 3 heteroatoms. The number of likely N-dealkylation sites (tertiary alicyclic amines) is 1. The maximum atomic E-state index is 4.81. The van der Waals surface area contributed by atoms with Gasteiger partial charge in [-0.1, -0.05) is 45.4 Å². The molecule has 1 fully saturated rings. The van der Waals surface area contributed by atoms with Crippen LogP contribution in [0.15, 0.2) is 23.8 Å². The standard InChI is InChI=1S/C22H35N3/c1-16(2)18-9-11-25(12-10-18)15-21-14-22(23-24(21)5)20-8-6-7-19(13-20)17(3)4/h8,13-14,16-18H,6-7,9-12,15H2,1-5H3. The van der Waals surface area contributed by atoms with Crippen LogP contribution in [0.5, 0.6) is 0 Å². The lowest BCUT2D eigenvalue weighted by molar-refractivity contribution is 0.149. The van der Waals surface area contributed by atoms with Crippen LogP contribution in [-0.2, 0) is 13.6 Å². The molecule has 0 bridgehead atoms. The molecule has 0 atom stereocenters. The van der Waals surface area contributed by atoms with E-state index in [1.54, 1.807) is 5.57 Å². The van der Waals surface area contributed by atoms with E-state index in [4.69, 9.17) is 5.10 Å². The predicted octanol–water partition coefficient (Wildman–Crippen LogP) is 5.05. The molecular weight excluding hydrogens is 306 g/mol. The van der Waals surface area contributed by atoms with E-state index < -0.39 is 0 Å². The number of hydrogen-bond acceptors (Lipinski definition) is 2. The van der Waals surface area contributed by atoms with E-state index in [0.29, 0.717) is 5.92 Å². The quantitative estimate of drug-likeness (QED) is 0.747. The van der Waals surface area contributed by atoms with E-state index >= 15 is 0 Å². The summed E-state index contributed by atoms with van der Waals surface area (Å²) in [6.45, 7) is 12.8. The van der Waals surface area contributed by atoms with Crippen molar-refractivity contribution in [2.75, 3.05) is 13.1 Å². The van der Waals surface area contributed by atoms with Gasteiger partial charge in [-0.2, -0.15) is 5.10 Å². The molecule has 25 heavy (non-hydrogen) atoms. The SMILES string of the molecule is CC(C)C1=CC(c2cc(CN3CCC(C(C)C)CC3)n(C)n2)=CCC1. The van der Waals surface area contributed by atoms with Crippen LogP contribution in [0.25, 0.3) is 5.57 Å². The molecule has 0 amide bonds. The fraction of sp³-hybridized carbons (Fsp3) is 0.682. The highest BCUT2D eigenvalue weighted by molar-refractivity contribution is 5.73. The monoisotopic (exact) mass is 341 g/mol. The number of piperidine rings is 1. The van der Waals surface area contributed by atoms with E-state index in [1.165, 1.54) is 43.6 Å². The Morgan fingerprint density at radius 2 is 1.88 bits per heavy atom. The fourth-order valence-corrected chi connectivity index (χ4v) is 4.16. The van der Waals surface area contributed by atoms with E-state index in [1.807, 2.05) is 0 Å². The summed E-state index contributed by atoms with van der Waals surface area (Å²) in [5, 5.41) is 4.81. The second kappa shape index (κ2) is 7.90. The van der Waals surface area contributed by atoms with Gasteiger partial charge in [-0.3, -0.25) is 9.58 Å². The Hall–Kier alpha value is -1.35. The lowest BCUT2D eigenvalue weighted by Gasteiger charge is -2.33. The van der Waals surface area contributed by atoms with Crippen molar-refractivity contribution < 1.29 is 0 Å². The molecule has 0 radical (unpaired) electrons. The van der Waals surface area contributed by atoms with Gasteiger partial charge in [0.2, 0.25) is 0 Å². The van der Waals surface area contributed by atoms with Crippen molar-refractivity contribution in [3.63, 3.8) is 0 Å². The minimum Gasteiger partial charge on any atom is -0.298 e. The van der Waals surface area contributed by atoms with Crippen molar-refractivity contribution in [2.45, 2.75) is 59.9 Å². The van der Waals surface area contributed by atoms with Gasteiger partial charge in [0.05, 0.1) is 11.4 Å². The second-order valence-electron chi connectivity index (χ2n) is 8.57. The Labute approximate surface area is 153 Å². The van der Waals surface area contributed by atoms with Gasteiger partial charge in [0.25, 0.3) is 0 Å². The van der Waals surface area contributed by atoms with Gasteiger partial charge in [-0.05, 0) is 68.2 Å². The minimum absolute atomic E-state index is 0.633. The molecule has 0 unspecified atom stereocenters. The first-order valence-electron chi connectivity index (χ1n) is 10.1. The highest BCUT2D eigenvalue weighted by Crippen LogP contribution is 2.29. The van der Waals surface area contributed by atoms with E-state index in [9.17, 15) is 0 Å². The van der Waals surface area contributed by atoms with Crippen molar-refractivity contribution in [3.8, 4) is 0 Å². The van der Waals surface area contributed by atoms with E-state index in [-0.39, 0.29) is 0 Å². The third kappa shape index (κ3) is 4.44. The molecule has 3 rings (SSSR count). The van der Waals surface area contributed by atoms with Gasteiger partial charge in [0.15, 0.2) is 0 Å². The Morgan fingerprint density at radius 1 is 1.16 bits per heavy atom. The lowest BCUT2D eigenvalue weighted by atomic mass is 9.87. The van der Waals surface area contributed by atoms with Crippen LogP contribution in [0.3, 0.4) is 0 Å². The summed E-state index contributed by atoms with van der Waals surface area (Å²) in [4.78, 5) is 2.60. The summed E-state index contributed by atoms with van der Waals surface area (Å²) >= 11 is 0. The zero-order valence-corrected chi connectivity index (χ0v) is 16.8. The van der Waals surface area contributed by atoms with Crippen molar-refractivity contribution >= 4 is 5.57 Å². The first-order valence-corrected chi connectivity index (χ1v) is 10.1. The first kappa shape index (κ1) is 18.4.